The molecule has 1 N–H and O–H groups in total. The molecule has 3 rings (SSSR count). The number of fused-ring (bicyclic) bond motifs is 1. The molecule has 1 aliphatic heterocycles. The van der Waals surface area contributed by atoms with Gasteiger partial charge in [0.2, 0.25) is 0 Å². The molecule has 0 bridgehead atoms. The molecule has 4 nitrogen and oxygen atoms in total. The summed E-state index contributed by atoms with van der Waals surface area (Å²) in [4.78, 5) is 18.7. The van der Waals surface area contributed by atoms with E-state index in [1.807, 2.05) is 29.2 Å². The zero-order valence-electron chi connectivity index (χ0n) is 11.3. The molecule has 104 valence electrons. The van der Waals surface area contributed by atoms with Crippen LogP contribution in [-0.4, -0.2) is 40.6 Å². The lowest BCUT2D eigenvalue weighted by Crippen LogP contribution is -2.39. The molecule has 4 heteroatoms. The maximum atomic E-state index is 12.6. The van der Waals surface area contributed by atoms with Gasteiger partial charge >= 0.3 is 0 Å². The number of piperidine rings is 1. The monoisotopic (exact) mass is 270 g/mol. The van der Waals surface area contributed by atoms with Crippen molar-refractivity contribution < 1.29 is 9.90 Å². The van der Waals surface area contributed by atoms with E-state index >= 15 is 0 Å². The standard InChI is InChI=1S/C16H18N2O2/c19-11-12-5-7-18(8-6-12)16(20)15-10-17-9-13-3-1-2-4-14(13)15/h1-4,9-10,12,19H,5-8,11H2. The summed E-state index contributed by atoms with van der Waals surface area (Å²) in [6, 6.07) is 7.82. The van der Waals surface area contributed by atoms with Gasteiger partial charge in [-0.05, 0) is 24.1 Å². The molecule has 0 saturated carbocycles. The zero-order chi connectivity index (χ0) is 13.9. The Morgan fingerprint density at radius 1 is 1.25 bits per heavy atom. The third-order valence-electron chi connectivity index (χ3n) is 4.06. The summed E-state index contributed by atoms with van der Waals surface area (Å²) in [5, 5.41) is 11.1. The van der Waals surface area contributed by atoms with Crippen LogP contribution in [0.4, 0.5) is 0 Å². The Labute approximate surface area is 118 Å². The molecule has 0 spiro atoms. The lowest BCUT2D eigenvalue weighted by atomic mass is 9.97. The molecule has 1 amide bonds. The lowest BCUT2D eigenvalue weighted by Gasteiger charge is -2.31. The molecular formula is C16H18N2O2. The molecule has 1 aromatic heterocycles. The SMILES string of the molecule is O=C(c1cncc2ccccc12)N1CCC(CO)CC1. The highest BCUT2D eigenvalue weighted by molar-refractivity contribution is 6.06. The van der Waals surface area contributed by atoms with Crippen molar-refractivity contribution in [2.45, 2.75) is 12.8 Å². The highest BCUT2D eigenvalue weighted by Gasteiger charge is 2.24. The first-order valence-electron chi connectivity index (χ1n) is 7.02. The van der Waals surface area contributed by atoms with E-state index in [1.54, 1.807) is 12.4 Å². The molecule has 0 unspecified atom stereocenters. The van der Waals surface area contributed by atoms with Gasteiger partial charge in [0.15, 0.2) is 0 Å². The normalized spacial score (nSPS) is 16.6. The van der Waals surface area contributed by atoms with Gasteiger partial charge in [-0.1, -0.05) is 24.3 Å². The predicted octanol–water partition coefficient (Wildman–Crippen LogP) is 2.08. The van der Waals surface area contributed by atoms with E-state index in [0.717, 1.165) is 23.6 Å². The van der Waals surface area contributed by atoms with Crippen molar-refractivity contribution in [3.05, 3.63) is 42.2 Å². The van der Waals surface area contributed by atoms with Crippen LogP contribution in [0, 0.1) is 5.92 Å². The van der Waals surface area contributed by atoms with Crippen LogP contribution < -0.4 is 0 Å². The minimum Gasteiger partial charge on any atom is -0.396 e. The summed E-state index contributed by atoms with van der Waals surface area (Å²) >= 11 is 0. The summed E-state index contributed by atoms with van der Waals surface area (Å²) in [5.74, 6) is 0.385. The number of pyridine rings is 1. The number of hydrogen-bond acceptors (Lipinski definition) is 3. The molecule has 1 aliphatic rings. The van der Waals surface area contributed by atoms with Crippen LogP contribution in [0.25, 0.3) is 10.8 Å². The highest BCUT2D eigenvalue weighted by atomic mass is 16.3. The second-order valence-electron chi connectivity index (χ2n) is 5.33. The van der Waals surface area contributed by atoms with Crippen molar-refractivity contribution in [2.24, 2.45) is 5.92 Å². The number of likely N-dealkylation sites (tertiary alicyclic amines) is 1. The first-order valence-corrected chi connectivity index (χ1v) is 7.02. The van der Waals surface area contributed by atoms with Crippen molar-refractivity contribution in [3.63, 3.8) is 0 Å². The number of rotatable bonds is 2. The van der Waals surface area contributed by atoms with Crippen molar-refractivity contribution >= 4 is 16.7 Å². The average molecular weight is 270 g/mol. The van der Waals surface area contributed by atoms with E-state index in [0.29, 0.717) is 24.6 Å². The van der Waals surface area contributed by atoms with E-state index in [1.165, 1.54) is 0 Å². The van der Waals surface area contributed by atoms with Crippen LogP contribution in [0.3, 0.4) is 0 Å². The third-order valence-corrected chi connectivity index (χ3v) is 4.06. The van der Waals surface area contributed by atoms with Crippen LogP contribution in [0.5, 0.6) is 0 Å². The molecule has 0 radical (unpaired) electrons. The van der Waals surface area contributed by atoms with Gasteiger partial charge in [0.05, 0.1) is 5.56 Å². The fourth-order valence-electron chi connectivity index (χ4n) is 2.78. The second kappa shape index (κ2) is 5.59. The maximum Gasteiger partial charge on any atom is 0.256 e. The smallest absolute Gasteiger partial charge is 0.256 e. The van der Waals surface area contributed by atoms with E-state index in [4.69, 9.17) is 5.11 Å². The average Bonchev–Trinajstić information content (AvgIpc) is 2.54. The van der Waals surface area contributed by atoms with Crippen molar-refractivity contribution in [1.82, 2.24) is 9.88 Å². The molecule has 1 fully saturated rings. The number of aliphatic hydroxyl groups is 1. The van der Waals surface area contributed by atoms with Gasteiger partial charge in [-0.25, -0.2) is 0 Å². The Balaban J connectivity index is 1.86. The van der Waals surface area contributed by atoms with Crippen LogP contribution in [0.2, 0.25) is 0 Å². The molecule has 2 heterocycles. The quantitative estimate of drug-likeness (QED) is 0.909. The largest absolute Gasteiger partial charge is 0.396 e. The number of benzene rings is 1. The van der Waals surface area contributed by atoms with Crippen LogP contribution in [0.15, 0.2) is 36.7 Å². The van der Waals surface area contributed by atoms with Crippen LogP contribution in [0.1, 0.15) is 23.2 Å². The molecule has 20 heavy (non-hydrogen) atoms. The number of amides is 1. The number of carbonyl (C=O) groups excluding carboxylic acids is 1. The second-order valence-corrected chi connectivity index (χ2v) is 5.33. The molecule has 0 atom stereocenters. The Kier molecular flexibility index (Phi) is 3.65. The van der Waals surface area contributed by atoms with E-state index in [9.17, 15) is 4.79 Å². The molecule has 1 saturated heterocycles. The Bertz CT molecular complexity index is 613. The Hall–Kier alpha value is -1.94. The minimum absolute atomic E-state index is 0.0469. The Morgan fingerprint density at radius 3 is 2.75 bits per heavy atom. The van der Waals surface area contributed by atoms with Crippen molar-refractivity contribution in [2.75, 3.05) is 19.7 Å². The van der Waals surface area contributed by atoms with E-state index < -0.39 is 0 Å². The summed E-state index contributed by atoms with van der Waals surface area (Å²) in [5.41, 5.74) is 0.672. The van der Waals surface area contributed by atoms with Gasteiger partial charge in [0.1, 0.15) is 0 Å². The number of hydrogen-bond donors (Lipinski definition) is 1. The van der Waals surface area contributed by atoms with Gasteiger partial charge < -0.3 is 10.0 Å². The number of nitrogens with zero attached hydrogens (tertiary/aromatic N) is 2. The molecule has 2 aromatic rings. The summed E-state index contributed by atoms with van der Waals surface area (Å²) in [6.07, 6.45) is 5.19. The topological polar surface area (TPSA) is 53.4 Å². The first kappa shape index (κ1) is 13.1. The summed E-state index contributed by atoms with van der Waals surface area (Å²) in [6.45, 7) is 1.65. The first-order chi connectivity index (χ1) is 9.79. The molecule has 0 aliphatic carbocycles. The van der Waals surface area contributed by atoms with Crippen LogP contribution in [-0.2, 0) is 0 Å². The maximum absolute atomic E-state index is 12.6. The fourth-order valence-corrected chi connectivity index (χ4v) is 2.78. The van der Waals surface area contributed by atoms with Gasteiger partial charge in [0.25, 0.3) is 5.91 Å². The number of aliphatic hydroxyl groups excluding tert-OH is 1. The highest BCUT2D eigenvalue weighted by Crippen LogP contribution is 2.22. The van der Waals surface area contributed by atoms with E-state index in [-0.39, 0.29) is 12.5 Å². The lowest BCUT2D eigenvalue weighted by molar-refractivity contribution is 0.0652. The van der Waals surface area contributed by atoms with Crippen molar-refractivity contribution in [1.29, 1.82) is 0 Å². The number of aromatic nitrogens is 1. The van der Waals surface area contributed by atoms with Crippen LogP contribution >= 0.6 is 0 Å². The fraction of sp³-hybridized carbons (Fsp3) is 0.375. The minimum atomic E-state index is 0.0469. The van der Waals surface area contributed by atoms with Gasteiger partial charge in [-0.3, -0.25) is 9.78 Å². The van der Waals surface area contributed by atoms with Gasteiger partial charge in [0, 0.05) is 37.5 Å². The zero-order valence-corrected chi connectivity index (χ0v) is 11.3. The summed E-state index contributed by atoms with van der Waals surface area (Å²) < 4.78 is 0. The molecule has 1 aromatic carbocycles. The van der Waals surface area contributed by atoms with Gasteiger partial charge in [-0.2, -0.15) is 0 Å². The molecular weight excluding hydrogens is 252 g/mol. The number of carbonyl (C=O) groups is 1. The third kappa shape index (κ3) is 2.39. The van der Waals surface area contributed by atoms with E-state index in [2.05, 4.69) is 4.98 Å². The predicted molar refractivity (Wildman–Crippen MR) is 77.5 cm³/mol. The van der Waals surface area contributed by atoms with Gasteiger partial charge in [-0.15, -0.1) is 0 Å². The Morgan fingerprint density at radius 2 is 2.00 bits per heavy atom. The summed E-state index contributed by atoms with van der Waals surface area (Å²) in [7, 11) is 0. The van der Waals surface area contributed by atoms with Crippen molar-refractivity contribution in [3.8, 4) is 0 Å².